The molecule has 1 amide bonds. The molecule has 200 valence electrons. The van der Waals surface area contributed by atoms with Crippen LogP contribution in [0.2, 0.25) is 0 Å². The molecule has 2 fully saturated rings. The maximum absolute atomic E-state index is 14.5. The molecule has 2 N–H and O–H groups in total. The summed E-state index contributed by atoms with van der Waals surface area (Å²) in [5.41, 5.74) is -6.73. The first-order chi connectivity index (χ1) is 16.6. The molecule has 0 spiro atoms. The Morgan fingerprint density at radius 1 is 0.944 bits per heavy atom. The second kappa shape index (κ2) is 8.90. The van der Waals surface area contributed by atoms with Gasteiger partial charge in [0.05, 0.1) is 5.92 Å². The summed E-state index contributed by atoms with van der Waals surface area (Å²) in [6.07, 6.45) is -8.75. The number of carboxylic acids is 1. The minimum Gasteiger partial charge on any atom is -0.481 e. The summed E-state index contributed by atoms with van der Waals surface area (Å²) in [6.45, 7) is 1.81. The van der Waals surface area contributed by atoms with Gasteiger partial charge in [-0.2, -0.15) is 26.3 Å². The van der Waals surface area contributed by atoms with E-state index in [2.05, 4.69) is 5.32 Å². The van der Waals surface area contributed by atoms with E-state index in [0.29, 0.717) is 62.6 Å². The van der Waals surface area contributed by atoms with E-state index in [0.717, 1.165) is 0 Å². The molecular formula is C25H28F7NO3. The summed E-state index contributed by atoms with van der Waals surface area (Å²) in [5.74, 6) is -1.67. The molecule has 11 heteroatoms. The van der Waals surface area contributed by atoms with Crippen molar-refractivity contribution in [3.63, 3.8) is 0 Å². The fraction of sp³-hybridized carbons (Fsp3) is 0.680. The second-order valence-electron chi connectivity index (χ2n) is 10.7. The molecule has 0 radical (unpaired) electrons. The molecule has 0 aromatic heterocycles. The molecular weight excluding hydrogens is 495 g/mol. The Labute approximate surface area is 203 Å². The lowest BCUT2D eigenvalue weighted by atomic mass is 9.70. The maximum Gasteiger partial charge on any atom is 0.435 e. The van der Waals surface area contributed by atoms with Gasteiger partial charge in [0.2, 0.25) is 5.91 Å². The maximum atomic E-state index is 14.5. The SMILES string of the molecule is C[C@]1(C(=O)N[C@@H]2CC[C@H]3c4ccc(C(F)(C(F)(F)F)C(F)(F)F)cc4CC[C@@H]23)CC[C@H](C(=O)O)CC1. The molecule has 0 aliphatic heterocycles. The van der Waals surface area contributed by atoms with E-state index in [9.17, 15) is 45.4 Å². The summed E-state index contributed by atoms with van der Waals surface area (Å²) in [5, 5.41) is 12.3. The van der Waals surface area contributed by atoms with E-state index < -0.39 is 40.9 Å². The number of carbonyl (C=O) groups excluding carboxylic acids is 1. The van der Waals surface area contributed by atoms with Crippen LogP contribution in [0.25, 0.3) is 0 Å². The number of rotatable bonds is 4. The van der Waals surface area contributed by atoms with Crippen molar-refractivity contribution in [2.45, 2.75) is 88.3 Å². The van der Waals surface area contributed by atoms with Crippen molar-refractivity contribution in [1.82, 2.24) is 5.32 Å². The monoisotopic (exact) mass is 523 g/mol. The van der Waals surface area contributed by atoms with Crippen LogP contribution in [0.1, 0.15) is 74.5 Å². The van der Waals surface area contributed by atoms with Crippen molar-refractivity contribution >= 4 is 11.9 Å². The van der Waals surface area contributed by atoms with E-state index in [1.54, 1.807) is 0 Å². The fourth-order valence-electron chi connectivity index (χ4n) is 6.32. The summed E-state index contributed by atoms with van der Waals surface area (Å²) in [4.78, 5) is 24.3. The zero-order chi connectivity index (χ0) is 26.7. The van der Waals surface area contributed by atoms with Crippen LogP contribution in [0.3, 0.4) is 0 Å². The number of halogens is 7. The number of carbonyl (C=O) groups is 2. The van der Waals surface area contributed by atoms with Gasteiger partial charge in [-0.25, -0.2) is 4.39 Å². The Balaban J connectivity index is 1.50. The van der Waals surface area contributed by atoms with Crippen LogP contribution in [0.4, 0.5) is 30.7 Å². The highest BCUT2D eigenvalue weighted by atomic mass is 19.4. The lowest BCUT2D eigenvalue weighted by molar-refractivity contribution is -0.348. The van der Waals surface area contributed by atoms with Crippen molar-refractivity contribution in [2.75, 3.05) is 0 Å². The van der Waals surface area contributed by atoms with E-state index in [-0.39, 0.29) is 35.8 Å². The van der Waals surface area contributed by atoms with Gasteiger partial charge in [0.25, 0.3) is 0 Å². The van der Waals surface area contributed by atoms with E-state index in [4.69, 9.17) is 0 Å². The molecule has 3 aliphatic carbocycles. The van der Waals surface area contributed by atoms with Gasteiger partial charge in [0, 0.05) is 17.0 Å². The molecule has 4 rings (SSSR count). The molecule has 0 unspecified atom stereocenters. The molecule has 4 nitrogen and oxygen atoms in total. The molecule has 0 bridgehead atoms. The van der Waals surface area contributed by atoms with Crippen LogP contribution in [0.15, 0.2) is 18.2 Å². The zero-order valence-corrected chi connectivity index (χ0v) is 19.6. The first kappa shape index (κ1) is 26.7. The van der Waals surface area contributed by atoms with Gasteiger partial charge >= 0.3 is 24.0 Å². The molecule has 1 aromatic rings. The number of alkyl halides is 7. The van der Waals surface area contributed by atoms with Gasteiger partial charge in [-0.05, 0) is 74.3 Å². The highest BCUT2D eigenvalue weighted by Crippen LogP contribution is 2.55. The minimum absolute atomic E-state index is 0.0355. The molecule has 36 heavy (non-hydrogen) atoms. The number of carboxylic acid groups (broad SMARTS) is 1. The summed E-state index contributed by atoms with van der Waals surface area (Å²) in [7, 11) is 0. The third-order valence-corrected chi connectivity index (χ3v) is 8.59. The highest BCUT2D eigenvalue weighted by molar-refractivity contribution is 5.83. The average molecular weight is 523 g/mol. The molecule has 1 aromatic carbocycles. The number of fused-ring (bicyclic) bond motifs is 3. The van der Waals surface area contributed by atoms with E-state index >= 15 is 0 Å². The number of aliphatic carboxylic acids is 1. The number of aryl methyl sites for hydroxylation is 1. The molecule has 0 heterocycles. The Bertz CT molecular complexity index is 1010. The van der Waals surface area contributed by atoms with Gasteiger partial charge in [0.1, 0.15) is 0 Å². The number of amides is 1. The second-order valence-corrected chi connectivity index (χ2v) is 10.7. The van der Waals surface area contributed by atoms with Crippen LogP contribution >= 0.6 is 0 Å². The van der Waals surface area contributed by atoms with Crippen LogP contribution < -0.4 is 5.32 Å². The molecule has 2 saturated carbocycles. The zero-order valence-electron chi connectivity index (χ0n) is 19.6. The number of nitrogens with one attached hydrogen (secondary N) is 1. The van der Waals surface area contributed by atoms with Gasteiger partial charge in [0.15, 0.2) is 0 Å². The molecule has 0 saturated heterocycles. The third-order valence-electron chi connectivity index (χ3n) is 8.59. The van der Waals surface area contributed by atoms with Crippen molar-refractivity contribution in [1.29, 1.82) is 0 Å². The van der Waals surface area contributed by atoms with Crippen LogP contribution in [-0.2, 0) is 21.7 Å². The average Bonchev–Trinajstić information content (AvgIpc) is 3.20. The van der Waals surface area contributed by atoms with Gasteiger partial charge in [-0.1, -0.05) is 25.1 Å². The Morgan fingerprint density at radius 3 is 2.11 bits per heavy atom. The van der Waals surface area contributed by atoms with Crippen molar-refractivity contribution < 1.29 is 45.4 Å². The van der Waals surface area contributed by atoms with Crippen LogP contribution in [0.5, 0.6) is 0 Å². The van der Waals surface area contributed by atoms with E-state index in [1.807, 2.05) is 6.92 Å². The predicted octanol–water partition coefficient (Wildman–Crippen LogP) is 6.18. The highest BCUT2D eigenvalue weighted by Gasteiger charge is 2.73. The topological polar surface area (TPSA) is 66.4 Å². The van der Waals surface area contributed by atoms with Crippen molar-refractivity contribution in [3.8, 4) is 0 Å². The molecule has 3 aliphatic rings. The van der Waals surface area contributed by atoms with Crippen molar-refractivity contribution in [3.05, 3.63) is 34.9 Å². The smallest absolute Gasteiger partial charge is 0.435 e. The first-order valence-electron chi connectivity index (χ1n) is 12.1. The first-order valence-corrected chi connectivity index (χ1v) is 12.1. The predicted molar refractivity (Wildman–Crippen MR) is 115 cm³/mol. The fourth-order valence-corrected chi connectivity index (χ4v) is 6.32. The van der Waals surface area contributed by atoms with Gasteiger partial charge < -0.3 is 10.4 Å². The standard InChI is InChI=1S/C25H28F7NO3/c1-22(10-8-13(9-11-22)20(34)35)21(36)33-19-7-6-17-16-5-3-15(12-14(16)2-4-18(17)19)23(26,24(27,28)29)25(30,31)32/h3,5,12-13,17-19H,2,4,6-11H2,1H3,(H,33,36)(H,34,35)/t13-,17-,18+,19+,22-/m0/s1. The largest absolute Gasteiger partial charge is 0.481 e. The Kier molecular flexibility index (Phi) is 6.61. The third kappa shape index (κ3) is 4.36. The molecule has 3 atom stereocenters. The number of hydrogen-bond donors (Lipinski definition) is 2. The van der Waals surface area contributed by atoms with Gasteiger partial charge in [-0.15, -0.1) is 0 Å². The lowest BCUT2D eigenvalue weighted by Crippen LogP contribution is -2.50. The minimum atomic E-state index is -6.15. The summed E-state index contributed by atoms with van der Waals surface area (Å²) >= 11 is 0. The van der Waals surface area contributed by atoms with E-state index in [1.165, 1.54) is 6.07 Å². The van der Waals surface area contributed by atoms with Crippen molar-refractivity contribution in [2.24, 2.45) is 17.3 Å². The van der Waals surface area contributed by atoms with Gasteiger partial charge in [-0.3, -0.25) is 9.59 Å². The summed E-state index contributed by atoms with van der Waals surface area (Å²) in [6, 6.07) is 2.25. The number of benzene rings is 1. The Morgan fingerprint density at radius 2 is 1.56 bits per heavy atom. The normalized spacial score (nSPS) is 30.9. The Hall–Kier alpha value is -2.33. The van der Waals surface area contributed by atoms with Crippen LogP contribution in [-0.4, -0.2) is 35.4 Å². The van der Waals surface area contributed by atoms with Crippen LogP contribution in [0, 0.1) is 17.3 Å². The lowest BCUT2D eigenvalue weighted by Gasteiger charge is -2.38. The quantitative estimate of drug-likeness (QED) is 0.463. The summed E-state index contributed by atoms with van der Waals surface area (Å²) < 4.78 is 93.7. The number of hydrogen-bond acceptors (Lipinski definition) is 2.